The highest BCUT2D eigenvalue weighted by Gasteiger charge is 2.28. The number of hydrogen-bond donors (Lipinski definition) is 1. The van der Waals surface area contributed by atoms with Crippen molar-refractivity contribution in [2.45, 2.75) is 33.1 Å². The van der Waals surface area contributed by atoms with Crippen molar-refractivity contribution in [3.05, 3.63) is 47.0 Å². The summed E-state index contributed by atoms with van der Waals surface area (Å²) >= 11 is 0. The topological polar surface area (TPSA) is 58.4 Å². The van der Waals surface area contributed by atoms with E-state index in [2.05, 4.69) is 5.10 Å². The number of aryl methyl sites for hydroxylation is 1. The van der Waals surface area contributed by atoms with Gasteiger partial charge in [-0.1, -0.05) is 0 Å². The summed E-state index contributed by atoms with van der Waals surface area (Å²) in [6.45, 7) is 5.27. The molecule has 0 spiro atoms. The van der Waals surface area contributed by atoms with E-state index in [1.807, 2.05) is 18.7 Å². The zero-order valence-electron chi connectivity index (χ0n) is 14.7. The van der Waals surface area contributed by atoms with E-state index >= 15 is 0 Å². The number of carbonyl (C=O) groups excluding carboxylic acids is 1. The van der Waals surface area contributed by atoms with Crippen molar-refractivity contribution in [2.75, 3.05) is 19.7 Å². The minimum Gasteiger partial charge on any atom is -0.396 e. The lowest BCUT2D eigenvalue weighted by atomic mass is 9.94. The maximum Gasteiger partial charge on any atom is 0.257 e. The van der Waals surface area contributed by atoms with Crippen LogP contribution in [0.5, 0.6) is 0 Å². The van der Waals surface area contributed by atoms with Crippen molar-refractivity contribution < 1.29 is 14.3 Å². The molecule has 1 unspecified atom stereocenters. The monoisotopic (exact) mass is 345 g/mol. The number of piperidine rings is 1. The molecule has 0 radical (unpaired) electrons. The molecule has 0 saturated carbocycles. The summed E-state index contributed by atoms with van der Waals surface area (Å²) in [5.74, 6) is 0.0475. The van der Waals surface area contributed by atoms with E-state index in [0.29, 0.717) is 23.7 Å². The minimum atomic E-state index is -0.301. The van der Waals surface area contributed by atoms with Crippen LogP contribution >= 0.6 is 0 Å². The van der Waals surface area contributed by atoms with Crippen LogP contribution in [0, 0.1) is 25.6 Å². The van der Waals surface area contributed by atoms with Gasteiger partial charge in [0.2, 0.25) is 0 Å². The lowest BCUT2D eigenvalue weighted by Gasteiger charge is -2.32. The number of aromatic nitrogens is 2. The number of aliphatic hydroxyl groups is 1. The first-order chi connectivity index (χ1) is 12.0. The smallest absolute Gasteiger partial charge is 0.257 e. The Morgan fingerprint density at radius 1 is 1.32 bits per heavy atom. The summed E-state index contributed by atoms with van der Waals surface area (Å²) < 4.78 is 14.8. The fourth-order valence-corrected chi connectivity index (χ4v) is 3.61. The summed E-state index contributed by atoms with van der Waals surface area (Å²) in [5, 5.41) is 13.6. The van der Waals surface area contributed by atoms with Crippen LogP contribution in [-0.4, -0.2) is 45.4 Å². The molecule has 5 nitrogen and oxygen atoms in total. The van der Waals surface area contributed by atoms with Crippen LogP contribution in [-0.2, 0) is 0 Å². The van der Waals surface area contributed by atoms with Crippen LogP contribution in [0.3, 0.4) is 0 Å². The van der Waals surface area contributed by atoms with Crippen molar-refractivity contribution in [2.24, 2.45) is 5.92 Å². The number of rotatable bonds is 4. The third kappa shape index (κ3) is 3.58. The predicted octanol–water partition coefficient (Wildman–Crippen LogP) is 2.86. The highest BCUT2D eigenvalue weighted by molar-refractivity contribution is 5.96. The Kier molecular flexibility index (Phi) is 5.18. The molecule has 1 aromatic carbocycles. The molecule has 134 valence electrons. The van der Waals surface area contributed by atoms with Gasteiger partial charge in [0.1, 0.15) is 5.82 Å². The Bertz CT molecular complexity index is 753. The first-order valence-corrected chi connectivity index (χ1v) is 8.73. The van der Waals surface area contributed by atoms with Gasteiger partial charge in [0.15, 0.2) is 0 Å². The molecule has 2 aromatic rings. The molecular weight excluding hydrogens is 321 g/mol. The maximum atomic E-state index is 13.1. The van der Waals surface area contributed by atoms with Crippen LogP contribution in [0.2, 0.25) is 0 Å². The molecule has 0 bridgehead atoms. The molecule has 1 amide bonds. The van der Waals surface area contributed by atoms with Crippen LogP contribution in [0.25, 0.3) is 5.69 Å². The van der Waals surface area contributed by atoms with Gasteiger partial charge in [-0.3, -0.25) is 4.79 Å². The number of halogens is 1. The Hall–Kier alpha value is -2.21. The van der Waals surface area contributed by atoms with E-state index in [4.69, 9.17) is 5.11 Å². The van der Waals surface area contributed by atoms with E-state index in [9.17, 15) is 9.18 Å². The first-order valence-electron chi connectivity index (χ1n) is 8.73. The molecular formula is C19H24FN3O2. The molecule has 2 heterocycles. The fraction of sp³-hybridized carbons (Fsp3) is 0.474. The number of aliphatic hydroxyl groups excluding tert-OH is 1. The average molecular weight is 345 g/mol. The Morgan fingerprint density at radius 2 is 2.04 bits per heavy atom. The van der Waals surface area contributed by atoms with Crippen molar-refractivity contribution in [3.8, 4) is 5.69 Å². The molecule has 25 heavy (non-hydrogen) atoms. The SMILES string of the molecule is Cc1nn(-c2ccc(F)cc2)c(C)c1C(=O)N1CCCC(CCO)C1. The van der Waals surface area contributed by atoms with Gasteiger partial charge < -0.3 is 10.0 Å². The summed E-state index contributed by atoms with van der Waals surface area (Å²) in [5.41, 5.74) is 2.79. The fourth-order valence-electron chi connectivity index (χ4n) is 3.61. The molecule has 1 N–H and O–H groups in total. The summed E-state index contributed by atoms with van der Waals surface area (Å²) in [4.78, 5) is 14.9. The molecule has 1 saturated heterocycles. The second kappa shape index (κ2) is 7.35. The van der Waals surface area contributed by atoms with E-state index in [1.165, 1.54) is 12.1 Å². The number of hydrogen-bond acceptors (Lipinski definition) is 3. The number of likely N-dealkylation sites (tertiary alicyclic amines) is 1. The quantitative estimate of drug-likeness (QED) is 0.927. The van der Waals surface area contributed by atoms with Gasteiger partial charge in [-0.25, -0.2) is 9.07 Å². The molecule has 1 atom stereocenters. The highest BCUT2D eigenvalue weighted by atomic mass is 19.1. The van der Waals surface area contributed by atoms with Gasteiger partial charge in [0, 0.05) is 19.7 Å². The lowest BCUT2D eigenvalue weighted by molar-refractivity contribution is 0.0652. The molecule has 1 aliphatic rings. The summed E-state index contributed by atoms with van der Waals surface area (Å²) in [6.07, 6.45) is 2.74. The zero-order valence-corrected chi connectivity index (χ0v) is 14.7. The number of benzene rings is 1. The van der Waals surface area contributed by atoms with E-state index < -0.39 is 0 Å². The number of carbonyl (C=O) groups is 1. The zero-order chi connectivity index (χ0) is 18.0. The van der Waals surface area contributed by atoms with E-state index in [-0.39, 0.29) is 18.3 Å². The summed E-state index contributed by atoms with van der Waals surface area (Å²) in [7, 11) is 0. The van der Waals surface area contributed by atoms with Gasteiger partial charge in [-0.05, 0) is 63.3 Å². The van der Waals surface area contributed by atoms with Gasteiger partial charge >= 0.3 is 0 Å². The number of amides is 1. The van der Waals surface area contributed by atoms with Gasteiger partial charge in [0.25, 0.3) is 5.91 Å². The predicted molar refractivity (Wildman–Crippen MR) is 93.3 cm³/mol. The maximum absolute atomic E-state index is 13.1. The highest BCUT2D eigenvalue weighted by Crippen LogP contribution is 2.24. The van der Waals surface area contributed by atoms with Crippen LogP contribution in [0.1, 0.15) is 41.0 Å². The Morgan fingerprint density at radius 3 is 2.72 bits per heavy atom. The van der Waals surface area contributed by atoms with Crippen molar-refractivity contribution in [1.29, 1.82) is 0 Å². The van der Waals surface area contributed by atoms with Crippen LogP contribution < -0.4 is 0 Å². The van der Waals surface area contributed by atoms with Crippen LogP contribution in [0.15, 0.2) is 24.3 Å². The standard InChI is InChI=1S/C19H24FN3O2/c1-13-18(19(25)22-10-3-4-15(12-22)9-11-24)14(2)23(21-13)17-7-5-16(20)6-8-17/h5-8,15,24H,3-4,9-12H2,1-2H3. The second-order valence-electron chi connectivity index (χ2n) is 6.71. The molecule has 0 aliphatic carbocycles. The molecule has 6 heteroatoms. The van der Waals surface area contributed by atoms with Gasteiger partial charge in [0.05, 0.1) is 22.6 Å². The van der Waals surface area contributed by atoms with Crippen molar-refractivity contribution in [1.82, 2.24) is 14.7 Å². The summed E-state index contributed by atoms with van der Waals surface area (Å²) in [6, 6.07) is 6.08. The molecule has 3 rings (SSSR count). The normalized spacial score (nSPS) is 17.8. The Balaban J connectivity index is 1.87. The third-order valence-electron chi connectivity index (χ3n) is 4.92. The van der Waals surface area contributed by atoms with E-state index in [0.717, 1.165) is 37.2 Å². The van der Waals surface area contributed by atoms with E-state index in [1.54, 1.807) is 16.8 Å². The molecule has 1 fully saturated rings. The lowest BCUT2D eigenvalue weighted by Crippen LogP contribution is -2.40. The second-order valence-corrected chi connectivity index (χ2v) is 6.71. The Labute approximate surface area is 147 Å². The van der Waals surface area contributed by atoms with Crippen molar-refractivity contribution >= 4 is 5.91 Å². The third-order valence-corrected chi connectivity index (χ3v) is 4.92. The van der Waals surface area contributed by atoms with Crippen LogP contribution in [0.4, 0.5) is 4.39 Å². The van der Waals surface area contributed by atoms with Gasteiger partial charge in [-0.15, -0.1) is 0 Å². The number of nitrogens with zero attached hydrogens (tertiary/aromatic N) is 3. The molecule has 1 aromatic heterocycles. The average Bonchev–Trinajstić information content (AvgIpc) is 2.90. The van der Waals surface area contributed by atoms with Gasteiger partial charge in [-0.2, -0.15) is 5.10 Å². The largest absolute Gasteiger partial charge is 0.396 e. The first kappa shape index (κ1) is 17.6. The minimum absolute atomic E-state index is 0.00833. The van der Waals surface area contributed by atoms with Crippen molar-refractivity contribution in [3.63, 3.8) is 0 Å². The molecule has 1 aliphatic heterocycles.